The Bertz CT molecular complexity index is 1520. The number of esters is 1. The maximum absolute atomic E-state index is 13.5. The average Bonchev–Trinajstić information content (AvgIpc) is 3.60. The first kappa shape index (κ1) is 27.1. The van der Waals surface area contributed by atoms with Gasteiger partial charge in [0.1, 0.15) is 17.1 Å². The molecule has 1 unspecified atom stereocenters. The summed E-state index contributed by atoms with van der Waals surface area (Å²) in [5.74, 6) is -0.628. The molecule has 1 atom stereocenters. The van der Waals surface area contributed by atoms with E-state index in [1.807, 2.05) is 0 Å². The summed E-state index contributed by atoms with van der Waals surface area (Å²) in [4.78, 5) is 43.0. The third-order valence-corrected chi connectivity index (χ3v) is 8.96. The number of hydrogen-bond acceptors (Lipinski definition) is 8. The molecule has 1 saturated heterocycles. The Morgan fingerprint density at radius 3 is 2.71 bits per heavy atom. The summed E-state index contributed by atoms with van der Waals surface area (Å²) >= 11 is 0. The molecule has 3 aromatic rings. The summed E-state index contributed by atoms with van der Waals surface area (Å²) in [5.41, 5.74) is 5.40. The van der Waals surface area contributed by atoms with Crippen molar-refractivity contribution in [1.82, 2.24) is 25.4 Å². The first-order chi connectivity index (χ1) is 19.9. The van der Waals surface area contributed by atoms with E-state index in [1.54, 1.807) is 30.7 Å². The number of nitrogens with one attached hydrogen (secondary N) is 1. The van der Waals surface area contributed by atoms with Crippen LogP contribution in [-0.2, 0) is 21.4 Å². The largest absolute Gasteiger partial charge is 0.466 e. The number of benzene rings is 2. The van der Waals surface area contributed by atoms with Gasteiger partial charge in [0, 0.05) is 18.7 Å². The van der Waals surface area contributed by atoms with Gasteiger partial charge >= 0.3 is 18.0 Å². The van der Waals surface area contributed by atoms with Gasteiger partial charge in [0.05, 0.1) is 19.2 Å². The van der Waals surface area contributed by atoms with Crippen LogP contribution < -0.4 is 10.6 Å². The minimum absolute atomic E-state index is 0.181. The number of urea groups is 2. The van der Waals surface area contributed by atoms with Crippen molar-refractivity contribution < 1.29 is 29.1 Å². The van der Waals surface area contributed by atoms with Gasteiger partial charge in [-0.2, -0.15) is 0 Å². The molecule has 3 aliphatic rings. The molecule has 2 aromatic carbocycles. The molecule has 11 nitrogen and oxygen atoms in total. The Kier molecular flexibility index (Phi) is 7.31. The minimum Gasteiger partial charge on any atom is -0.466 e. The molecule has 1 aromatic heterocycles. The van der Waals surface area contributed by atoms with Crippen LogP contribution in [0.4, 0.5) is 9.59 Å². The normalized spacial score (nSPS) is 20.4. The highest BCUT2D eigenvalue weighted by molar-refractivity contribution is 6.00. The zero-order valence-corrected chi connectivity index (χ0v) is 23.4. The van der Waals surface area contributed by atoms with E-state index in [0.717, 1.165) is 43.8 Å². The molecule has 2 aliphatic heterocycles. The van der Waals surface area contributed by atoms with Gasteiger partial charge in [0.15, 0.2) is 0 Å². The van der Waals surface area contributed by atoms with E-state index in [9.17, 15) is 14.4 Å². The highest BCUT2D eigenvalue weighted by Gasteiger charge is 2.44. The van der Waals surface area contributed by atoms with Crippen molar-refractivity contribution >= 4 is 29.1 Å². The smallest absolute Gasteiger partial charge is 0.424 e. The number of carbonyl (C=O) groups excluding carboxylic acids is 3. The van der Waals surface area contributed by atoms with Crippen molar-refractivity contribution in [3.05, 3.63) is 70.4 Å². The zero-order valence-electron chi connectivity index (χ0n) is 23.4. The van der Waals surface area contributed by atoms with E-state index < -0.39 is 24.1 Å². The molecule has 1 spiro atoms. The Morgan fingerprint density at radius 2 is 1.90 bits per heavy atom. The lowest BCUT2D eigenvalue weighted by Gasteiger charge is -2.40. The number of likely N-dealkylation sites (tertiary alicyclic amines) is 1. The monoisotopic (exact) mass is 559 g/mol. The summed E-state index contributed by atoms with van der Waals surface area (Å²) in [5, 5.41) is 11.9. The van der Waals surface area contributed by atoms with Crippen molar-refractivity contribution in [3.63, 3.8) is 0 Å². The molecule has 4 amide bonds. The predicted octanol–water partition coefficient (Wildman–Crippen LogP) is 2.79. The van der Waals surface area contributed by atoms with E-state index in [-0.39, 0.29) is 5.57 Å². The lowest BCUT2D eigenvalue weighted by molar-refractivity contribution is -0.562. The van der Waals surface area contributed by atoms with Crippen LogP contribution in [0.15, 0.2) is 58.4 Å². The molecule has 214 valence electrons. The van der Waals surface area contributed by atoms with Crippen LogP contribution in [0.3, 0.4) is 0 Å². The SMILES string of the molecule is COC(=O)C1=C(C)NC(=O)N(C(=O)[NH2+]CCCN2CCC3(CCc4ccccc43)CC2)C1c1ccc2nonc2c1. The number of rotatable bonds is 6. The van der Waals surface area contributed by atoms with Crippen molar-refractivity contribution in [2.45, 2.75) is 50.5 Å². The third kappa shape index (κ3) is 5.00. The van der Waals surface area contributed by atoms with Crippen LogP contribution >= 0.6 is 0 Å². The molecule has 0 saturated carbocycles. The number of quaternary nitrogens is 1. The molecule has 0 bridgehead atoms. The topological polar surface area (TPSA) is 134 Å². The molecular weight excluding hydrogens is 524 g/mol. The number of methoxy groups -OCH3 is 1. The van der Waals surface area contributed by atoms with Gasteiger partial charge in [0.2, 0.25) is 0 Å². The molecule has 1 aliphatic carbocycles. The van der Waals surface area contributed by atoms with Gasteiger partial charge in [-0.1, -0.05) is 30.3 Å². The lowest BCUT2D eigenvalue weighted by atomic mass is 9.74. The summed E-state index contributed by atoms with van der Waals surface area (Å²) in [6, 6.07) is 11.9. The van der Waals surface area contributed by atoms with E-state index in [0.29, 0.717) is 34.3 Å². The first-order valence-corrected chi connectivity index (χ1v) is 14.2. The number of ether oxygens (including phenoxy) is 1. The number of nitrogens with two attached hydrogens (primary N) is 1. The van der Waals surface area contributed by atoms with Gasteiger partial charge < -0.3 is 15.0 Å². The third-order valence-electron chi connectivity index (χ3n) is 8.96. The number of fused-ring (bicyclic) bond motifs is 3. The number of primary amides is 1. The summed E-state index contributed by atoms with van der Waals surface area (Å²) in [6.45, 7) is 5.11. The molecule has 1 fully saturated rings. The number of aryl methyl sites for hydroxylation is 1. The van der Waals surface area contributed by atoms with Crippen LogP contribution in [0.5, 0.6) is 0 Å². The molecule has 41 heavy (non-hydrogen) atoms. The van der Waals surface area contributed by atoms with Crippen LogP contribution in [-0.4, -0.2) is 71.4 Å². The number of piperidine rings is 1. The van der Waals surface area contributed by atoms with E-state index in [1.165, 1.54) is 30.8 Å². The second-order valence-electron chi connectivity index (χ2n) is 11.2. The van der Waals surface area contributed by atoms with Crippen LogP contribution in [0, 0.1) is 0 Å². The first-order valence-electron chi connectivity index (χ1n) is 14.2. The van der Waals surface area contributed by atoms with Crippen molar-refractivity contribution in [1.29, 1.82) is 0 Å². The Morgan fingerprint density at radius 1 is 1.12 bits per heavy atom. The lowest BCUT2D eigenvalue weighted by Crippen LogP contribution is -2.91. The van der Waals surface area contributed by atoms with E-state index >= 15 is 0 Å². The number of aromatic nitrogens is 2. The fourth-order valence-electron chi connectivity index (χ4n) is 6.75. The molecular formula is C30H35N6O5+. The fourth-order valence-corrected chi connectivity index (χ4v) is 6.75. The van der Waals surface area contributed by atoms with Gasteiger partial charge in [-0.05, 0) is 90.2 Å². The van der Waals surface area contributed by atoms with Crippen LogP contribution in [0.1, 0.15) is 55.3 Å². The van der Waals surface area contributed by atoms with Crippen molar-refractivity contribution in [2.24, 2.45) is 0 Å². The van der Waals surface area contributed by atoms with Gasteiger partial charge in [-0.3, -0.25) is 5.32 Å². The average molecular weight is 560 g/mol. The Balaban J connectivity index is 1.10. The summed E-state index contributed by atoms with van der Waals surface area (Å²) in [6.07, 6.45) is 5.53. The number of carbonyl (C=O) groups is 3. The van der Waals surface area contributed by atoms with Gasteiger partial charge in [-0.25, -0.2) is 23.9 Å². The molecule has 3 N–H and O–H groups in total. The summed E-state index contributed by atoms with van der Waals surface area (Å²) in [7, 11) is 1.27. The molecule has 11 heteroatoms. The highest BCUT2D eigenvalue weighted by Crippen LogP contribution is 2.46. The summed E-state index contributed by atoms with van der Waals surface area (Å²) < 4.78 is 9.82. The van der Waals surface area contributed by atoms with Gasteiger partial charge in [0.25, 0.3) is 0 Å². The van der Waals surface area contributed by atoms with E-state index in [2.05, 4.69) is 44.8 Å². The molecule has 3 heterocycles. The van der Waals surface area contributed by atoms with E-state index in [4.69, 9.17) is 9.37 Å². The zero-order chi connectivity index (χ0) is 28.6. The second kappa shape index (κ2) is 11.1. The number of imide groups is 1. The maximum Gasteiger partial charge on any atom is 0.424 e. The Labute approximate surface area is 237 Å². The quantitative estimate of drug-likeness (QED) is 0.348. The molecule has 6 rings (SSSR count). The van der Waals surface area contributed by atoms with Crippen molar-refractivity contribution in [3.8, 4) is 0 Å². The van der Waals surface area contributed by atoms with Crippen molar-refractivity contribution in [2.75, 3.05) is 33.3 Å². The number of allylic oxidation sites excluding steroid dienone is 1. The minimum atomic E-state index is -0.978. The van der Waals surface area contributed by atoms with Crippen LogP contribution in [0.25, 0.3) is 11.0 Å². The number of amides is 4. The van der Waals surface area contributed by atoms with Crippen LogP contribution in [0.2, 0.25) is 0 Å². The Hall–Kier alpha value is -4.09. The fraction of sp³-hybridized carbons (Fsp3) is 0.433. The standard InChI is InChI=1S/C30H34N6O5/c1-19-25(27(37)40-2)26(21-8-9-23-24(18-21)34-41-33-23)36(29(39)32-19)28(38)31-14-5-15-35-16-12-30(13-17-35)11-10-20-6-3-4-7-22(20)30/h3-4,6-9,18,26H,5,10-17H2,1-2H3,(H,31,38)(H,32,39)/p+1. The molecule has 0 radical (unpaired) electrons. The highest BCUT2D eigenvalue weighted by atomic mass is 16.6. The number of nitrogens with zero attached hydrogens (tertiary/aromatic N) is 4. The second-order valence-corrected chi connectivity index (χ2v) is 11.2. The predicted molar refractivity (Wildman–Crippen MR) is 149 cm³/mol. The van der Waals surface area contributed by atoms with Gasteiger partial charge in [-0.15, -0.1) is 0 Å². The number of hydrogen-bond donors (Lipinski definition) is 2. The maximum atomic E-state index is 13.5.